The normalized spacial score (nSPS) is 11.8. The van der Waals surface area contributed by atoms with Crippen molar-refractivity contribution in [1.29, 1.82) is 0 Å². The van der Waals surface area contributed by atoms with Crippen LogP contribution in [0.3, 0.4) is 0 Å². The zero-order valence-electron chi connectivity index (χ0n) is 14.8. The smallest absolute Gasteiger partial charge is 0.326 e. The first kappa shape index (κ1) is 19.3. The van der Waals surface area contributed by atoms with Gasteiger partial charge in [-0.1, -0.05) is 13.3 Å². The summed E-state index contributed by atoms with van der Waals surface area (Å²) in [6.45, 7) is 3.56. The highest BCUT2D eigenvalue weighted by molar-refractivity contribution is 5.83. The lowest BCUT2D eigenvalue weighted by Crippen LogP contribution is -2.40. The van der Waals surface area contributed by atoms with Crippen LogP contribution in [0.25, 0.3) is 11.4 Å². The zero-order valence-corrected chi connectivity index (χ0v) is 14.8. The largest absolute Gasteiger partial charge is 0.480 e. The van der Waals surface area contributed by atoms with Crippen LogP contribution in [-0.2, 0) is 16.0 Å². The van der Waals surface area contributed by atoms with E-state index in [2.05, 4.69) is 20.3 Å². The topological polar surface area (TPSA) is 125 Å². The number of rotatable bonds is 8. The van der Waals surface area contributed by atoms with Crippen molar-refractivity contribution in [3.8, 4) is 11.4 Å². The first-order valence-corrected chi connectivity index (χ1v) is 8.44. The molecule has 0 saturated carbocycles. The summed E-state index contributed by atoms with van der Waals surface area (Å²) >= 11 is 0. The predicted octanol–water partition coefficient (Wildman–Crippen LogP) is 1.44. The highest BCUT2D eigenvalue weighted by Crippen LogP contribution is 2.13. The van der Waals surface area contributed by atoms with E-state index in [0.717, 1.165) is 0 Å². The van der Waals surface area contributed by atoms with Crippen LogP contribution in [0.4, 0.5) is 0 Å². The molecule has 0 radical (unpaired) electrons. The zero-order chi connectivity index (χ0) is 19.1. The van der Waals surface area contributed by atoms with Gasteiger partial charge in [0.05, 0.1) is 0 Å². The number of amides is 1. The number of hydrogen-bond donors (Lipinski definition) is 3. The van der Waals surface area contributed by atoms with Gasteiger partial charge in [-0.25, -0.2) is 9.78 Å². The van der Waals surface area contributed by atoms with E-state index in [-0.39, 0.29) is 18.4 Å². The van der Waals surface area contributed by atoms with Crippen LogP contribution < -0.4 is 10.9 Å². The number of H-pyrrole nitrogens is 1. The molecule has 0 aliphatic carbocycles. The maximum Gasteiger partial charge on any atom is 0.326 e. The Bertz CT molecular complexity index is 833. The summed E-state index contributed by atoms with van der Waals surface area (Å²) in [5.41, 5.74) is 1.33. The number of pyridine rings is 1. The molecule has 1 amide bonds. The van der Waals surface area contributed by atoms with Crippen LogP contribution in [0, 0.1) is 6.92 Å². The number of aryl methyl sites for hydroxylation is 1. The number of hydrogen-bond acceptors (Lipinski definition) is 5. The molecule has 8 heteroatoms. The second-order valence-electron chi connectivity index (χ2n) is 5.97. The molecule has 2 aromatic rings. The van der Waals surface area contributed by atoms with Crippen molar-refractivity contribution in [2.24, 2.45) is 0 Å². The maximum absolute atomic E-state index is 12.3. The Morgan fingerprint density at radius 3 is 2.73 bits per heavy atom. The summed E-state index contributed by atoms with van der Waals surface area (Å²) in [5, 5.41) is 11.6. The van der Waals surface area contributed by atoms with Gasteiger partial charge in [0.1, 0.15) is 11.9 Å². The molecule has 1 unspecified atom stereocenters. The number of carbonyl (C=O) groups is 2. The van der Waals surface area contributed by atoms with Gasteiger partial charge in [0.2, 0.25) is 5.91 Å². The number of aromatic amines is 1. The van der Waals surface area contributed by atoms with Crippen LogP contribution in [0.5, 0.6) is 0 Å². The molecule has 0 fully saturated rings. The van der Waals surface area contributed by atoms with Crippen LogP contribution in [0.15, 0.2) is 29.3 Å². The molecule has 2 aromatic heterocycles. The molecule has 3 N–H and O–H groups in total. The second-order valence-corrected chi connectivity index (χ2v) is 5.97. The third-order valence-corrected chi connectivity index (χ3v) is 3.97. The van der Waals surface area contributed by atoms with Crippen molar-refractivity contribution < 1.29 is 14.7 Å². The Kier molecular flexibility index (Phi) is 6.60. The summed E-state index contributed by atoms with van der Waals surface area (Å²) in [5.74, 6) is -1.04. The lowest BCUT2D eigenvalue weighted by atomic mass is 10.1. The van der Waals surface area contributed by atoms with E-state index in [0.29, 0.717) is 35.5 Å². The van der Waals surface area contributed by atoms with Crippen molar-refractivity contribution in [1.82, 2.24) is 20.3 Å². The minimum atomic E-state index is -1.06. The molecular formula is C18H22N4O4. The van der Waals surface area contributed by atoms with Gasteiger partial charge >= 0.3 is 5.97 Å². The van der Waals surface area contributed by atoms with Crippen molar-refractivity contribution in [2.75, 3.05) is 0 Å². The van der Waals surface area contributed by atoms with E-state index in [9.17, 15) is 14.4 Å². The summed E-state index contributed by atoms with van der Waals surface area (Å²) in [6.07, 6.45) is 4.45. The molecular weight excluding hydrogens is 336 g/mol. The molecule has 0 saturated heterocycles. The molecule has 8 nitrogen and oxygen atoms in total. The summed E-state index contributed by atoms with van der Waals surface area (Å²) in [4.78, 5) is 46.5. The number of aromatic nitrogens is 3. The van der Waals surface area contributed by atoms with E-state index in [1.807, 2.05) is 6.92 Å². The molecule has 2 heterocycles. The molecule has 0 spiro atoms. The summed E-state index contributed by atoms with van der Waals surface area (Å²) in [7, 11) is 0. The van der Waals surface area contributed by atoms with E-state index in [4.69, 9.17) is 5.11 Å². The van der Waals surface area contributed by atoms with Gasteiger partial charge in [0.15, 0.2) is 0 Å². The van der Waals surface area contributed by atoms with Crippen LogP contribution >= 0.6 is 0 Å². The number of aliphatic carboxylic acids is 1. The van der Waals surface area contributed by atoms with Crippen molar-refractivity contribution in [3.63, 3.8) is 0 Å². The third-order valence-electron chi connectivity index (χ3n) is 3.97. The van der Waals surface area contributed by atoms with Crippen LogP contribution in [0.1, 0.15) is 37.4 Å². The Morgan fingerprint density at radius 1 is 1.38 bits per heavy atom. The molecule has 0 aromatic carbocycles. The summed E-state index contributed by atoms with van der Waals surface area (Å²) < 4.78 is 0. The maximum atomic E-state index is 12.3. The number of nitrogens with one attached hydrogen (secondary N) is 2. The van der Waals surface area contributed by atoms with E-state index >= 15 is 0 Å². The lowest BCUT2D eigenvalue weighted by Gasteiger charge is -2.13. The molecule has 1 atom stereocenters. The van der Waals surface area contributed by atoms with E-state index in [1.165, 1.54) is 0 Å². The van der Waals surface area contributed by atoms with Crippen LogP contribution in [-0.4, -0.2) is 38.0 Å². The average Bonchev–Trinajstić information content (AvgIpc) is 2.61. The van der Waals surface area contributed by atoms with Crippen molar-refractivity contribution in [3.05, 3.63) is 46.1 Å². The predicted molar refractivity (Wildman–Crippen MR) is 95.6 cm³/mol. The SMILES string of the molecule is CCCC(NC(=O)CCc1c(C)nc(-c2cccnc2)[nH]c1=O)C(=O)O. The fraction of sp³-hybridized carbons (Fsp3) is 0.389. The van der Waals surface area contributed by atoms with Crippen molar-refractivity contribution in [2.45, 2.75) is 45.6 Å². The standard InChI is InChI=1S/C18H22N4O4/c1-3-5-14(18(25)26)21-15(23)8-7-13-11(2)20-16(22-17(13)24)12-6-4-9-19-10-12/h4,6,9-10,14H,3,5,7-8H2,1-2H3,(H,21,23)(H,25,26)(H,20,22,24). The van der Waals surface area contributed by atoms with Crippen LogP contribution in [0.2, 0.25) is 0 Å². The molecule has 0 bridgehead atoms. The number of nitrogens with zero attached hydrogens (tertiary/aromatic N) is 2. The fourth-order valence-electron chi connectivity index (χ4n) is 2.60. The Balaban J connectivity index is 2.07. The molecule has 2 rings (SSSR count). The first-order valence-electron chi connectivity index (χ1n) is 8.44. The van der Waals surface area contributed by atoms with E-state index in [1.54, 1.807) is 31.5 Å². The third kappa shape index (κ3) is 4.98. The Hall–Kier alpha value is -3.03. The molecule has 0 aliphatic heterocycles. The fourth-order valence-corrected chi connectivity index (χ4v) is 2.60. The average molecular weight is 358 g/mol. The second kappa shape index (κ2) is 8.89. The number of carboxylic acids is 1. The van der Waals surface area contributed by atoms with Crippen molar-refractivity contribution >= 4 is 11.9 Å². The van der Waals surface area contributed by atoms with Gasteiger partial charge in [0.25, 0.3) is 5.56 Å². The molecule has 138 valence electrons. The van der Waals surface area contributed by atoms with Gasteiger partial charge in [0, 0.05) is 35.6 Å². The highest BCUT2D eigenvalue weighted by atomic mass is 16.4. The molecule has 0 aliphatic rings. The monoisotopic (exact) mass is 358 g/mol. The first-order chi connectivity index (χ1) is 12.4. The highest BCUT2D eigenvalue weighted by Gasteiger charge is 2.19. The Labute approximate surface area is 150 Å². The minimum Gasteiger partial charge on any atom is -0.480 e. The molecule has 26 heavy (non-hydrogen) atoms. The quantitative estimate of drug-likeness (QED) is 0.656. The van der Waals surface area contributed by atoms with Gasteiger partial charge in [-0.2, -0.15) is 0 Å². The van der Waals surface area contributed by atoms with Gasteiger partial charge in [-0.05, 0) is 31.9 Å². The number of carbonyl (C=O) groups excluding carboxylic acids is 1. The van der Waals surface area contributed by atoms with Gasteiger partial charge in [-0.15, -0.1) is 0 Å². The minimum absolute atomic E-state index is 0.0192. The van der Waals surface area contributed by atoms with Gasteiger partial charge < -0.3 is 15.4 Å². The van der Waals surface area contributed by atoms with E-state index < -0.39 is 17.9 Å². The summed E-state index contributed by atoms with van der Waals surface area (Å²) in [6, 6.07) is 2.63. The number of carboxylic acid groups (broad SMARTS) is 1. The Morgan fingerprint density at radius 2 is 2.15 bits per heavy atom. The van der Waals surface area contributed by atoms with Gasteiger partial charge in [-0.3, -0.25) is 14.6 Å². The lowest BCUT2D eigenvalue weighted by molar-refractivity contribution is -0.142.